The summed E-state index contributed by atoms with van der Waals surface area (Å²) in [5, 5.41) is 0. The second kappa shape index (κ2) is 7.31. The van der Waals surface area contributed by atoms with Gasteiger partial charge in [0.25, 0.3) is 5.56 Å². The number of nitrogen functional groups attached to an aromatic ring is 1. The molecule has 0 radical (unpaired) electrons. The van der Waals surface area contributed by atoms with E-state index in [1.54, 1.807) is 0 Å². The van der Waals surface area contributed by atoms with Gasteiger partial charge in [-0.05, 0) is 20.3 Å². The average molecular weight is 339 g/mol. The molecular weight excluding hydrogens is 312 g/mol. The Bertz CT molecular complexity index is 727. The predicted octanol–water partition coefficient (Wildman–Crippen LogP) is -1.59. The van der Waals surface area contributed by atoms with Crippen molar-refractivity contribution in [1.29, 1.82) is 0 Å². The van der Waals surface area contributed by atoms with Crippen LogP contribution < -0.4 is 21.9 Å². The molecular formula is C16H27N4O4+. The zero-order chi connectivity index (χ0) is 18.0. The van der Waals surface area contributed by atoms with Crippen molar-refractivity contribution < 1.29 is 14.4 Å². The first-order valence-electron chi connectivity index (χ1n) is 8.37. The number of anilines is 1. The van der Waals surface area contributed by atoms with E-state index in [1.807, 2.05) is 20.8 Å². The quantitative estimate of drug-likeness (QED) is 0.630. The summed E-state index contributed by atoms with van der Waals surface area (Å²) in [6.45, 7) is 7.78. The lowest BCUT2D eigenvalue weighted by atomic mass is 10.1. The average Bonchev–Trinajstić information content (AvgIpc) is 2.48. The minimum absolute atomic E-state index is 0.0243. The molecule has 1 aliphatic rings. The Morgan fingerprint density at radius 2 is 1.88 bits per heavy atom. The first-order chi connectivity index (χ1) is 11.3. The van der Waals surface area contributed by atoms with Crippen molar-refractivity contribution in [2.45, 2.75) is 45.9 Å². The molecule has 24 heavy (non-hydrogen) atoms. The largest absolute Gasteiger partial charge is 0.384 e. The molecule has 3 N–H and O–H groups in total. The van der Waals surface area contributed by atoms with E-state index in [4.69, 9.17) is 10.5 Å². The van der Waals surface area contributed by atoms with Crippen molar-refractivity contribution in [2.24, 2.45) is 7.05 Å². The summed E-state index contributed by atoms with van der Waals surface area (Å²) in [5.74, 6) is -0.349. The number of carbonyl (C=O) groups excluding carboxylic acids is 1. The molecule has 2 atom stereocenters. The van der Waals surface area contributed by atoms with E-state index in [-0.39, 0.29) is 35.9 Å². The van der Waals surface area contributed by atoms with Crippen LogP contribution in [0.15, 0.2) is 9.59 Å². The van der Waals surface area contributed by atoms with Crippen molar-refractivity contribution in [3.8, 4) is 0 Å². The highest BCUT2D eigenvalue weighted by Crippen LogP contribution is 2.06. The minimum atomic E-state index is -0.622. The molecule has 134 valence electrons. The summed E-state index contributed by atoms with van der Waals surface area (Å²) in [5.41, 5.74) is 4.81. The molecule has 2 rings (SSSR count). The number of rotatable bonds is 5. The zero-order valence-electron chi connectivity index (χ0n) is 14.8. The van der Waals surface area contributed by atoms with Crippen LogP contribution in [0.25, 0.3) is 0 Å². The summed E-state index contributed by atoms with van der Waals surface area (Å²) < 4.78 is 7.93. The van der Waals surface area contributed by atoms with Crippen LogP contribution in [-0.4, -0.2) is 46.8 Å². The van der Waals surface area contributed by atoms with Crippen molar-refractivity contribution in [2.75, 3.05) is 25.4 Å². The summed E-state index contributed by atoms with van der Waals surface area (Å²) in [4.78, 5) is 38.3. The fourth-order valence-corrected chi connectivity index (χ4v) is 3.33. The summed E-state index contributed by atoms with van der Waals surface area (Å²) in [6, 6.07) is 0. The highest BCUT2D eigenvalue weighted by Gasteiger charge is 2.30. The molecule has 0 amide bonds. The maximum Gasteiger partial charge on any atom is 0.332 e. The van der Waals surface area contributed by atoms with Crippen molar-refractivity contribution in [1.82, 2.24) is 9.13 Å². The van der Waals surface area contributed by atoms with E-state index in [2.05, 4.69) is 0 Å². The molecule has 8 heteroatoms. The summed E-state index contributed by atoms with van der Waals surface area (Å²) >= 11 is 0. The van der Waals surface area contributed by atoms with Crippen LogP contribution in [-0.2, 0) is 18.3 Å². The number of hydrogen-bond donors (Lipinski definition) is 2. The molecule has 0 spiro atoms. The Balaban J connectivity index is 2.35. The highest BCUT2D eigenvalue weighted by molar-refractivity contribution is 6.00. The van der Waals surface area contributed by atoms with Gasteiger partial charge in [0.05, 0.1) is 0 Å². The maximum atomic E-state index is 12.7. The molecule has 2 heterocycles. The Labute approximate surface area is 140 Å². The van der Waals surface area contributed by atoms with Crippen molar-refractivity contribution >= 4 is 11.6 Å². The van der Waals surface area contributed by atoms with E-state index in [0.29, 0.717) is 26.1 Å². The Morgan fingerprint density at radius 1 is 1.29 bits per heavy atom. The number of nitrogens with one attached hydrogen (secondary N) is 1. The topological polar surface area (TPSA) is 101 Å². The van der Waals surface area contributed by atoms with E-state index in [0.717, 1.165) is 9.47 Å². The van der Waals surface area contributed by atoms with Gasteiger partial charge in [0.15, 0.2) is 0 Å². The first-order valence-corrected chi connectivity index (χ1v) is 8.37. The molecule has 1 aromatic rings. The zero-order valence-corrected chi connectivity index (χ0v) is 14.8. The third kappa shape index (κ3) is 3.59. The van der Waals surface area contributed by atoms with Gasteiger partial charge in [0.1, 0.15) is 43.2 Å². The Kier molecular flexibility index (Phi) is 5.61. The van der Waals surface area contributed by atoms with E-state index >= 15 is 0 Å². The van der Waals surface area contributed by atoms with Crippen molar-refractivity contribution in [3.05, 3.63) is 26.4 Å². The van der Waals surface area contributed by atoms with Crippen LogP contribution in [0.3, 0.4) is 0 Å². The lowest BCUT2D eigenvalue weighted by Crippen LogP contribution is -3.16. The molecule has 0 aliphatic carbocycles. The monoisotopic (exact) mass is 339 g/mol. The number of ether oxygens (including phenoxy) is 1. The smallest absolute Gasteiger partial charge is 0.332 e. The van der Waals surface area contributed by atoms with Gasteiger partial charge in [-0.2, -0.15) is 0 Å². The van der Waals surface area contributed by atoms with E-state index in [9.17, 15) is 14.4 Å². The van der Waals surface area contributed by atoms with Gasteiger partial charge < -0.3 is 15.4 Å². The molecule has 1 fully saturated rings. The third-order valence-corrected chi connectivity index (χ3v) is 4.34. The van der Waals surface area contributed by atoms with Gasteiger partial charge in [0, 0.05) is 13.6 Å². The fraction of sp³-hybridized carbons (Fsp3) is 0.688. The van der Waals surface area contributed by atoms with Gasteiger partial charge >= 0.3 is 5.69 Å². The number of Topliss-reactive ketones (excluding diaryl/α,β-unsaturated/α-hetero) is 1. The van der Waals surface area contributed by atoms with Gasteiger partial charge in [-0.3, -0.25) is 18.7 Å². The number of aromatic nitrogens is 2. The fourth-order valence-electron chi connectivity index (χ4n) is 3.33. The molecule has 0 unspecified atom stereocenters. The predicted molar refractivity (Wildman–Crippen MR) is 90.5 cm³/mol. The number of nitrogens with zero attached hydrogens (tertiary/aromatic N) is 2. The van der Waals surface area contributed by atoms with Gasteiger partial charge in [0.2, 0.25) is 5.78 Å². The second-order valence-corrected chi connectivity index (χ2v) is 6.57. The van der Waals surface area contributed by atoms with Crippen LogP contribution in [0.1, 0.15) is 37.6 Å². The van der Waals surface area contributed by atoms with Gasteiger partial charge in [-0.25, -0.2) is 4.79 Å². The number of hydrogen-bond acceptors (Lipinski definition) is 5. The van der Waals surface area contributed by atoms with E-state index < -0.39 is 11.2 Å². The van der Waals surface area contributed by atoms with Crippen LogP contribution in [0.4, 0.5) is 5.82 Å². The summed E-state index contributed by atoms with van der Waals surface area (Å²) in [7, 11) is 1.37. The molecule has 1 aliphatic heterocycles. The maximum absolute atomic E-state index is 12.7. The number of carbonyl (C=O) groups is 1. The lowest BCUT2D eigenvalue weighted by Gasteiger charge is -2.32. The molecule has 1 saturated heterocycles. The van der Waals surface area contributed by atoms with Crippen LogP contribution in [0.5, 0.6) is 0 Å². The standard InChI is InChI=1S/C16H26N4O4/c1-5-6-20-14(17)13(15(22)18(4)16(20)23)12(21)9-19-7-10(2)24-11(3)8-19/h10-11H,5-9,17H2,1-4H3/p+1/t10-,11-/m0/s1. The third-order valence-electron chi connectivity index (χ3n) is 4.34. The Hall–Kier alpha value is -1.93. The second-order valence-electron chi connectivity index (χ2n) is 6.57. The Morgan fingerprint density at radius 3 is 2.42 bits per heavy atom. The number of nitrogens with two attached hydrogens (primary N) is 1. The van der Waals surface area contributed by atoms with E-state index in [1.165, 1.54) is 11.6 Å². The number of morpholine rings is 1. The van der Waals surface area contributed by atoms with Crippen LogP contribution in [0.2, 0.25) is 0 Å². The molecule has 0 aromatic carbocycles. The van der Waals surface area contributed by atoms with Crippen molar-refractivity contribution in [3.63, 3.8) is 0 Å². The van der Waals surface area contributed by atoms with Gasteiger partial charge in [-0.15, -0.1) is 0 Å². The van der Waals surface area contributed by atoms with Crippen LogP contribution >= 0.6 is 0 Å². The first kappa shape index (κ1) is 18.4. The number of ketones is 1. The summed E-state index contributed by atoms with van der Waals surface area (Å²) in [6.07, 6.45) is 0.802. The molecule has 1 aromatic heterocycles. The number of quaternary nitrogens is 1. The minimum Gasteiger partial charge on any atom is -0.384 e. The van der Waals surface area contributed by atoms with Gasteiger partial charge in [-0.1, -0.05) is 6.92 Å². The van der Waals surface area contributed by atoms with Crippen LogP contribution in [0, 0.1) is 0 Å². The molecule has 0 saturated carbocycles. The molecule has 8 nitrogen and oxygen atoms in total. The normalized spacial score (nSPS) is 24.1. The molecule has 0 bridgehead atoms. The SMILES string of the molecule is CCCn1c(N)c(C(=O)C[NH+]2C[C@H](C)O[C@@H](C)C2)c(=O)n(C)c1=O. The highest BCUT2D eigenvalue weighted by atomic mass is 16.5. The lowest BCUT2D eigenvalue weighted by molar-refractivity contribution is -0.906.